The Morgan fingerprint density at radius 3 is 1.42 bits per heavy atom. The van der Waals surface area contributed by atoms with Crippen molar-refractivity contribution >= 4 is 56.5 Å². The molecule has 0 fully saturated rings. The summed E-state index contributed by atoms with van der Waals surface area (Å²) in [6, 6.07) is 20.6. The van der Waals surface area contributed by atoms with E-state index in [0.29, 0.717) is 11.1 Å². The summed E-state index contributed by atoms with van der Waals surface area (Å²) in [4.78, 5) is 6.24. The molecule has 0 spiro atoms. The van der Waals surface area contributed by atoms with E-state index >= 15 is 0 Å². The molecule has 0 aliphatic rings. The minimum absolute atomic E-state index is 0.444. The maximum Gasteiger partial charge on any atom is 0.102 e. The number of rotatable bonds is 4. The Labute approximate surface area is 167 Å². The summed E-state index contributed by atoms with van der Waals surface area (Å²) in [5, 5.41) is 23.5. The van der Waals surface area contributed by atoms with E-state index in [4.69, 9.17) is 0 Å². The Morgan fingerprint density at radius 2 is 1.08 bits per heavy atom. The van der Waals surface area contributed by atoms with Crippen LogP contribution in [-0.4, -0.2) is 0 Å². The second-order valence-electron chi connectivity index (χ2n) is 5.26. The summed E-state index contributed by atoms with van der Waals surface area (Å²) in [6.45, 7) is 0. The highest BCUT2D eigenvalue weighted by Crippen LogP contribution is 2.39. The molecule has 0 saturated heterocycles. The lowest BCUT2D eigenvalue weighted by molar-refractivity contribution is 1.52. The molecule has 26 heavy (non-hydrogen) atoms. The minimum atomic E-state index is 0.444. The molecule has 4 aromatic heterocycles. The molecule has 0 aromatic carbocycles. The third-order valence-electron chi connectivity index (χ3n) is 3.71. The summed E-state index contributed by atoms with van der Waals surface area (Å²) >= 11 is 6.44. The van der Waals surface area contributed by atoms with Gasteiger partial charge in [0.2, 0.25) is 0 Å². The predicted molar refractivity (Wildman–Crippen MR) is 113 cm³/mol. The van der Waals surface area contributed by atoms with Crippen LogP contribution in [0.4, 0.5) is 0 Å². The molecule has 6 heteroatoms. The molecule has 0 atom stereocenters. The largest absolute Gasteiger partial charge is 0.192 e. The van der Waals surface area contributed by atoms with E-state index in [1.165, 1.54) is 9.75 Å². The fourth-order valence-corrected chi connectivity index (χ4v) is 6.20. The van der Waals surface area contributed by atoms with Crippen molar-refractivity contribution in [3.8, 4) is 31.6 Å². The highest BCUT2D eigenvalue weighted by Gasteiger charge is 2.16. The molecule has 0 aliphatic carbocycles. The van der Waals surface area contributed by atoms with Crippen LogP contribution >= 0.6 is 45.3 Å². The molecule has 0 aliphatic heterocycles. The summed E-state index contributed by atoms with van der Waals surface area (Å²) < 4.78 is 0. The van der Waals surface area contributed by atoms with Crippen molar-refractivity contribution in [1.82, 2.24) is 0 Å². The van der Waals surface area contributed by atoms with E-state index in [2.05, 4.69) is 24.3 Å². The van der Waals surface area contributed by atoms with Gasteiger partial charge in [-0.3, -0.25) is 0 Å². The van der Waals surface area contributed by atoms with E-state index in [1.54, 1.807) is 45.3 Å². The van der Waals surface area contributed by atoms with E-state index in [0.717, 1.165) is 19.5 Å². The highest BCUT2D eigenvalue weighted by atomic mass is 32.1. The first-order chi connectivity index (χ1) is 12.8. The van der Waals surface area contributed by atoms with Gasteiger partial charge in [0.05, 0.1) is 11.1 Å². The van der Waals surface area contributed by atoms with Crippen molar-refractivity contribution in [3.05, 3.63) is 69.0 Å². The second-order valence-corrected chi connectivity index (χ2v) is 9.32. The summed E-state index contributed by atoms with van der Waals surface area (Å²) in [7, 11) is 0. The SMILES string of the molecule is N#C/C(=C(\C#N)c1ccc(-c2cccs2)s1)c1ccc(-c2cccs2)s1. The Hall–Kier alpha value is -2.48. The summed E-state index contributed by atoms with van der Waals surface area (Å²) in [6.07, 6.45) is 0. The van der Waals surface area contributed by atoms with Gasteiger partial charge in [0.25, 0.3) is 0 Å². The molecule has 0 N–H and O–H groups in total. The van der Waals surface area contributed by atoms with Crippen LogP contribution in [0.3, 0.4) is 0 Å². The molecule has 4 rings (SSSR count). The fraction of sp³-hybridized carbons (Fsp3) is 0. The van der Waals surface area contributed by atoms with Crippen molar-refractivity contribution in [2.45, 2.75) is 0 Å². The van der Waals surface area contributed by atoms with Crippen LogP contribution < -0.4 is 0 Å². The third-order valence-corrected chi connectivity index (χ3v) is 8.04. The normalized spacial score (nSPS) is 11.6. The van der Waals surface area contributed by atoms with Crippen LogP contribution in [-0.2, 0) is 0 Å². The molecule has 0 radical (unpaired) electrons. The maximum absolute atomic E-state index is 9.73. The summed E-state index contributed by atoms with van der Waals surface area (Å²) in [5.41, 5.74) is 0.889. The first kappa shape index (κ1) is 17.0. The number of hydrogen-bond donors (Lipinski definition) is 0. The Kier molecular flexibility index (Phi) is 4.83. The zero-order valence-electron chi connectivity index (χ0n) is 13.3. The standard InChI is InChI=1S/C20H10N2S4/c21-11-13(15-5-7-19(25-15)17-3-1-9-23-17)14(12-22)16-6-8-20(26-16)18-4-2-10-24-18/h1-10H/b14-13-. The van der Waals surface area contributed by atoms with Crippen LogP contribution in [0, 0.1) is 22.7 Å². The molecule has 0 unspecified atom stereocenters. The zero-order chi connectivity index (χ0) is 17.9. The van der Waals surface area contributed by atoms with Gasteiger partial charge in [-0.25, -0.2) is 0 Å². The quantitative estimate of drug-likeness (QED) is 0.336. The topological polar surface area (TPSA) is 47.6 Å². The number of nitrogens with zero attached hydrogens (tertiary/aromatic N) is 2. The lowest BCUT2D eigenvalue weighted by Gasteiger charge is -1.99. The molecule has 0 amide bonds. The van der Waals surface area contributed by atoms with Gasteiger partial charge in [-0.05, 0) is 47.2 Å². The van der Waals surface area contributed by atoms with Gasteiger partial charge in [-0.2, -0.15) is 10.5 Å². The van der Waals surface area contributed by atoms with E-state index in [-0.39, 0.29) is 0 Å². The van der Waals surface area contributed by atoms with Gasteiger partial charge in [-0.1, -0.05) is 12.1 Å². The number of hydrogen-bond acceptors (Lipinski definition) is 6. The smallest absolute Gasteiger partial charge is 0.102 e. The minimum Gasteiger partial charge on any atom is -0.192 e. The maximum atomic E-state index is 9.73. The van der Waals surface area contributed by atoms with Gasteiger partial charge in [0, 0.05) is 29.3 Å². The average Bonchev–Trinajstić information content (AvgIpc) is 3.45. The van der Waals surface area contributed by atoms with Crippen LogP contribution in [0.1, 0.15) is 9.75 Å². The fourth-order valence-electron chi connectivity index (χ4n) is 2.52. The first-order valence-corrected chi connectivity index (χ1v) is 11.0. The van der Waals surface area contributed by atoms with Crippen LogP contribution in [0.5, 0.6) is 0 Å². The second kappa shape index (κ2) is 7.41. The van der Waals surface area contributed by atoms with Crippen molar-refractivity contribution < 1.29 is 0 Å². The Balaban J connectivity index is 1.76. The van der Waals surface area contributed by atoms with E-state index < -0.39 is 0 Å². The van der Waals surface area contributed by atoms with Crippen molar-refractivity contribution in [1.29, 1.82) is 10.5 Å². The van der Waals surface area contributed by atoms with Crippen molar-refractivity contribution in [2.24, 2.45) is 0 Å². The van der Waals surface area contributed by atoms with Gasteiger partial charge < -0.3 is 0 Å². The molecule has 0 saturated carbocycles. The lowest BCUT2D eigenvalue weighted by atomic mass is 10.1. The molecule has 4 aromatic rings. The first-order valence-electron chi connectivity index (χ1n) is 7.63. The molecular formula is C20H10N2S4. The average molecular weight is 407 g/mol. The van der Waals surface area contributed by atoms with Crippen LogP contribution in [0.25, 0.3) is 30.7 Å². The highest BCUT2D eigenvalue weighted by molar-refractivity contribution is 7.23. The third kappa shape index (κ3) is 3.16. The van der Waals surface area contributed by atoms with Crippen molar-refractivity contribution in [2.75, 3.05) is 0 Å². The molecule has 2 nitrogen and oxygen atoms in total. The zero-order valence-corrected chi connectivity index (χ0v) is 16.6. The van der Waals surface area contributed by atoms with E-state index in [1.807, 2.05) is 47.2 Å². The van der Waals surface area contributed by atoms with E-state index in [9.17, 15) is 10.5 Å². The number of thiophene rings is 4. The van der Waals surface area contributed by atoms with Gasteiger partial charge in [0.15, 0.2) is 0 Å². The predicted octanol–water partition coefficient (Wildman–Crippen LogP) is 7.22. The van der Waals surface area contributed by atoms with Gasteiger partial charge in [-0.15, -0.1) is 45.3 Å². The Morgan fingerprint density at radius 1 is 0.615 bits per heavy atom. The van der Waals surface area contributed by atoms with Gasteiger partial charge in [0.1, 0.15) is 12.1 Å². The monoisotopic (exact) mass is 406 g/mol. The number of allylic oxidation sites excluding steroid dienone is 2. The van der Waals surface area contributed by atoms with Crippen molar-refractivity contribution in [3.63, 3.8) is 0 Å². The summed E-state index contributed by atoms with van der Waals surface area (Å²) in [5.74, 6) is 0. The molecule has 4 heterocycles. The molecule has 124 valence electrons. The molecule has 0 bridgehead atoms. The lowest BCUT2D eigenvalue weighted by Crippen LogP contribution is -1.83. The van der Waals surface area contributed by atoms with Crippen LogP contribution in [0.15, 0.2) is 59.3 Å². The van der Waals surface area contributed by atoms with Crippen LogP contribution in [0.2, 0.25) is 0 Å². The van der Waals surface area contributed by atoms with Gasteiger partial charge >= 0.3 is 0 Å². The molecular weight excluding hydrogens is 397 g/mol. The number of nitriles is 2. The Bertz CT molecular complexity index is 1050.